The van der Waals surface area contributed by atoms with Crippen molar-refractivity contribution < 1.29 is 10.0 Å². The Morgan fingerprint density at radius 2 is 2.06 bits per heavy atom. The van der Waals surface area contributed by atoms with Gasteiger partial charge >= 0.3 is 0 Å². The average molecular weight is 221 g/mol. The molecule has 0 heterocycles. The van der Waals surface area contributed by atoms with Gasteiger partial charge in [0, 0.05) is 12.1 Å². The first-order chi connectivity index (χ1) is 7.69. The van der Waals surface area contributed by atoms with E-state index >= 15 is 0 Å². The summed E-state index contributed by atoms with van der Waals surface area (Å²) in [5.41, 5.74) is 5.96. The molecule has 1 aromatic carbocycles. The van der Waals surface area contributed by atoms with Crippen molar-refractivity contribution >= 4 is 11.7 Å². The summed E-state index contributed by atoms with van der Waals surface area (Å²) in [6.07, 6.45) is 0. The molecule has 5 heteroatoms. The van der Waals surface area contributed by atoms with Crippen LogP contribution in [0.2, 0.25) is 0 Å². The smallest absolute Gasteiger partial charge is 0.254 e. The summed E-state index contributed by atoms with van der Waals surface area (Å²) in [5, 5.41) is 11.3. The van der Waals surface area contributed by atoms with E-state index < -0.39 is 0 Å². The van der Waals surface area contributed by atoms with E-state index in [1.165, 1.54) is 4.90 Å². The molecule has 0 aliphatic rings. The van der Waals surface area contributed by atoms with Gasteiger partial charge in [-0.1, -0.05) is 23.4 Å². The van der Waals surface area contributed by atoms with Crippen LogP contribution in [0.5, 0.6) is 0 Å². The highest BCUT2D eigenvalue weighted by molar-refractivity contribution is 5.96. The highest BCUT2D eigenvalue weighted by atomic mass is 16.4. The third-order valence-corrected chi connectivity index (χ3v) is 2.17. The van der Waals surface area contributed by atoms with E-state index in [0.29, 0.717) is 12.1 Å². The molecule has 1 rings (SSSR count). The number of nitrogens with two attached hydrogens (primary N) is 1. The summed E-state index contributed by atoms with van der Waals surface area (Å²) in [4.78, 5) is 13.5. The van der Waals surface area contributed by atoms with E-state index in [1.807, 2.05) is 13.0 Å². The van der Waals surface area contributed by atoms with Gasteiger partial charge < -0.3 is 15.8 Å². The minimum atomic E-state index is -0.130. The number of carbonyl (C=O) groups is 1. The fraction of sp³-hybridized carbons (Fsp3) is 0.273. The highest BCUT2D eigenvalue weighted by Crippen LogP contribution is 2.04. The average Bonchev–Trinajstić information content (AvgIpc) is 2.35. The predicted octanol–water partition coefficient (Wildman–Crippen LogP) is 0.895. The topological polar surface area (TPSA) is 78.9 Å². The van der Waals surface area contributed by atoms with Crippen LogP contribution in [0.15, 0.2) is 35.5 Å². The standard InChI is InChI=1S/C11H15N3O2/c1-2-14(8-10(12)13-16)11(15)9-6-4-3-5-7-9/h3-7,16H,2,8H2,1H3,(H2,12,13). The molecule has 0 saturated heterocycles. The van der Waals surface area contributed by atoms with Crippen molar-refractivity contribution in [2.24, 2.45) is 10.9 Å². The molecule has 3 N–H and O–H groups in total. The van der Waals surface area contributed by atoms with E-state index in [9.17, 15) is 4.79 Å². The summed E-state index contributed by atoms with van der Waals surface area (Å²) in [7, 11) is 0. The van der Waals surface area contributed by atoms with Crippen LogP contribution in [0.25, 0.3) is 0 Å². The summed E-state index contributed by atoms with van der Waals surface area (Å²) in [6, 6.07) is 8.90. The first-order valence-electron chi connectivity index (χ1n) is 4.99. The molecular weight excluding hydrogens is 206 g/mol. The van der Waals surface area contributed by atoms with Gasteiger partial charge in [0.2, 0.25) is 0 Å². The maximum atomic E-state index is 12.0. The lowest BCUT2D eigenvalue weighted by Gasteiger charge is -2.19. The molecule has 0 spiro atoms. The predicted molar refractivity (Wildman–Crippen MR) is 61.4 cm³/mol. The van der Waals surface area contributed by atoms with E-state index in [0.717, 1.165) is 0 Å². The van der Waals surface area contributed by atoms with Gasteiger partial charge in [-0.25, -0.2) is 0 Å². The molecule has 0 unspecified atom stereocenters. The van der Waals surface area contributed by atoms with Gasteiger partial charge in [0.1, 0.15) is 0 Å². The number of amidine groups is 1. The first kappa shape index (κ1) is 12.0. The monoisotopic (exact) mass is 221 g/mol. The Kier molecular flexibility index (Phi) is 4.32. The second-order valence-electron chi connectivity index (χ2n) is 3.28. The SMILES string of the molecule is CCN(CC(N)=NO)C(=O)c1ccccc1. The Morgan fingerprint density at radius 1 is 1.44 bits per heavy atom. The molecule has 0 aliphatic carbocycles. The second-order valence-corrected chi connectivity index (χ2v) is 3.28. The minimum Gasteiger partial charge on any atom is -0.409 e. The molecule has 5 nitrogen and oxygen atoms in total. The number of carbonyl (C=O) groups excluding carboxylic acids is 1. The fourth-order valence-electron chi connectivity index (χ4n) is 1.32. The number of oxime groups is 1. The maximum Gasteiger partial charge on any atom is 0.254 e. The normalized spacial score (nSPS) is 11.2. The second kappa shape index (κ2) is 5.75. The van der Waals surface area contributed by atoms with Gasteiger partial charge in [-0.2, -0.15) is 0 Å². The first-order valence-corrected chi connectivity index (χ1v) is 4.99. The summed E-state index contributed by atoms with van der Waals surface area (Å²) in [5.74, 6) is -0.110. The molecule has 1 aromatic rings. The van der Waals surface area contributed by atoms with Crippen LogP contribution in [0, 0.1) is 0 Å². The van der Waals surface area contributed by atoms with Crippen molar-refractivity contribution in [1.29, 1.82) is 0 Å². The van der Waals surface area contributed by atoms with Crippen LogP contribution in [-0.2, 0) is 0 Å². The molecule has 0 saturated carbocycles. The molecule has 16 heavy (non-hydrogen) atoms. The van der Waals surface area contributed by atoms with Gasteiger partial charge in [0.15, 0.2) is 5.84 Å². The van der Waals surface area contributed by atoms with Crippen LogP contribution in [0.3, 0.4) is 0 Å². The number of amides is 1. The molecule has 0 radical (unpaired) electrons. The quantitative estimate of drug-likeness (QED) is 0.343. The molecule has 1 amide bonds. The van der Waals surface area contributed by atoms with Crippen LogP contribution in [-0.4, -0.2) is 34.9 Å². The molecular formula is C11H15N3O2. The maximum absolute atomic E-state index is 12.0. The Labute approximate surface area is 94.2 Å². The van der Waals surface area contributed by atoms with Crippen molar-refractivity contribution in [1.82, 2.24) is 4.90 Å². The largest absolute Gasteiger partial charge is 0.409 e. The van der Waals surface area contributed by atoms with Crippen molar-refractivity contribution in [3.8, 4) is 0 Å². The van der Waals surface area contributed by atoms with E-state index in [2.05, 4.69) is 5.16 Å². The lowest BCUT2D eigenvalue weighted by atomic mass is 10.2. The Hall–Kier alpha value is -2.04. The van der Waals surface area contributed by atoms with E-state index in [4.69, 9.17) is 10.9 Å². The zero-order valence-corrected chi connectivity index (χ0v) is 9.13. The molecule has 0 atom stereocenters. The summed E-state index contributed by atoms with van der Waals surface area (Å²) in [6.45, 7) is 2.47. The van der Waals surface area contributed by atoms with Gasteiger partial charge in [0.05, 0.1) is 6.54 Å². The number of hydrogen-bond acceptors (Lipinski definition) is 3. The van der Waals surface area contributed by atoms with Crippen LogP contribution in [0.4, 0.5) is 0 Å². The Bertz CT molecular complexity index is 376. The molecule has 0 bridgehead atoms. The van der Waals surface area contributed by atoms with Gasteiger partial charge in [-0.15, -0.1) is 0 Å². The summed E-state index contributed by atoms with van der Waals surface area (Å²) < 4.78 is 0. The molecule has 86 valence electrons. The van der Waals surface area contributed by atoms with Crippen molar-refractivity contribution in [3.63, 3.8) is 0 Å². The Balaban J connectivity index is 2.78. The lowest BCUT2D eigenvalue weighted by molar-refractivity contribution is 0.0786. The van der Waals surface area contributed by atoms with Gasteiger partial charge in [-0.05, 0) is 19.1 Å². The Morgan fingerprint density at radius 3 is 2.56 bits per heavy atom. The number of hydrogen-bond donors (Lipinski definition) is 2. The number of rotatable bonds is 4. The van der Waals surface area contributed by atoms with Crippen molar-refractivity contribution in [2.45, 2.75) is 6.92 Å². The number of nitrogens with zero attached hydrogens (tertiary/aromatic N) is 2. The van der Waals surface area contributed by atoms with Crippen molar-refractivity contribution in [3.05, 3.63) is 35.9 Å². The fourth-order valence-corrected chi connectivity index (χ4v) is 1.32. The number of benzene rings is 1. The third kappa shape index (κ3) is 2.98. The van der Waals surface area contributed by atoms with Crippen molar-refractivity contribution in [2.75, 3.05) is 13.1 Å². The zero-order valence-electron chi connectivity index (χ0n) is 9.13. The van der Waals surface area contributed by atoms with Gasteiger partial charge in [-0.3, -0.25) is 4.79 Å². The summed E-state index contributed by atoms with van der Waals surface area (Å²) >= 11 is 0. The van der Waals surface area contributed by atoms with E-state index in [1.54, 1.807) is 24.3 Å². The van der Waals surface area contributed by atoms with E-state index in [-0.39, 0.29) is 18.3 Å². The lowest BCUT2D eigenvalue weighted by Crippen LogP contribution is -2.38. The number of likely N-dealkylation sites (N-methyl/N-ethyl adjacent to an activating group) is 1. The zero-order chi connectivity index (χ0) is 12.0. The highest BCUT2D eigenvalue weighted by Gasteiger charge is 2.14. The third-order valence-electron chi connectivity index (χ3n) is 2.17. The van der Waals surface area contributed by atoms with Crippen LogP contribution in [0.1, 0.15) is 17.3 Å². The van der Waals surface area contributed by atoms with Crippen LogP contribution >= 0.6 is 0 Å². The van der Waals surface area contributed by atoms with Crippen LogP contribution < -0.4 is 5.73 Å². The van der Waals surface area contributed by atoms with Gasteiger partial charge in [0.25, 0.3) is 5.91 Å². The molecule has 0 aromatic heterocycles. The molecule has 0 aliphatic heterocycles. The minimum absolute atomic E-state index is 0.0196. The molecule has 0 fully saturated rings.